The summed E-state index contributed by atoms with van der Waals surface area (Å²) in [4.78, 5) is 11.4. The topological polar surface area (TPSA) is 63.2 Å². The summed E-state index contributed by atoms with van der Waals surface area (Å²) < 4.78 is 22.2. The van der Waals surface area contributed by atoms with Crippen LogP contribution in [0, 0.1) is 0 Å². The lowest BCUT2D eigenvalue weighted by atomic mass is 10.2. The maximum atomic E-state index is 11.8. The van der Waals surface area contributed by atoms with Crippen molar-refractivity contribution < 1.29 is 13.2 Å². The number of hydrogen-bond donors (Lipinski definition) is 1. The van der Waals surface area contributed by atoms with Crippen LogP contribution in [0.25, 0.3) is 0 Å². The number of amides is 1. The Morgan fingerprint density at radius 1 is 1.36 bits per heavy atom. The zero-order valence-corrected chi connectivity index (χ0v) is 10.1. The molecular formula is C9H19NO3S. The first-order valence-corrected chi connectivity index (χ1v) is 6.39. The second kappa shape index (κ2) is 4.77. The van der Waals surface area contributed by atoms with Crippen molar-refractivity contribution in [2.75, 3.05) is 12.8 Å². The molecule has 0 heterocycles. The van der Waals surface area contributed by atoms with Crippen LogP contribution in [0.1, 0.15) is 33.6 Å². The SMILES string of the molecule is CCCCS(=O)(=O)C(C)(C)C(=O)NC. The van der Waals surface area contributed by atoms with E-state index in [4.69, 9.17) is 0 Å². The molecule has 0 rings (SSSR count). The lowest BCUT2D eigenvalue weighted by Gasteiger charge is -2.22. The van der Waals surface area contributed by atoms with E-state index in [0.29, 0.717) is 6.42 Å². The van der Waals surface area contributed by atoms with Gasteiger partial charge in [-0.1, -0.05) is 13.3 Å². The van der Waals surface area contributed by atoms with Gasteiger partial charge in [-0.25, -0.2) is 8.42 Å². The molecule has 84 valence electrons. The van der Waals surface area contributed by atoms with Gasteiger partial charge in [-0.3, -0.25) is 4.79 Å². The minimum atomic E-state index is -3.35. The van der Waals surface area contributed by atoms with Crippen LogP contribution < -0.4 is 5.32 Å². The molecule has 1 N–H and O–H groups in total. The van der Waals surface area contributed by atoms with Crippen LogP contribution in [0.2, 0.25) is 0 Å². The molecule has 14 heavy (non-hydrogen) atoms. The van der Waals surface area contributed by atoms with Gasteiger partial charge in [0.1, 0.15) is 4.75 Å². The van der Waals surface area contributed by atoms with Gasteiger partial charge in [0.2, 0.25) is 5.91 Å². The van der Waals surface area contributed by atoms with E-state index in [1.807, 2.05) is 6.92 Å². The zero-order chi connectivity index (χ0) is 11.4. The molecule has 0 atom stereocenters. The molecule has 0 saturated heterocycles. The Balaban J connectivity index is 4.79. The fraction of sp³-hybridized carbons (Fsp3) is 0.889. The van der Waals surface area contributed by atoms with E-state index in [0.717, 1.165) is 6.42 Å². The van der Waals surface area contributed by atoms with E-state index in [9.17, 15) is 13.2 Å². The molecule has 0 aliphatic rings. The van der Waals surface area contributed by atoms with Gasteiger partial charge >= 0.3 is 0 Å². The van der Waals surface area contributed by atoms with E-state index in [2.05, 4.69) is 5.32 Å². The molecule has 0 aliphatic carbocycles. The van der Waals surface area contributed by atoms with Crippen LogP contribution in [0.5, 0.6) is 0 Å². The third-order valence-corrected chi connectivity index (χ3v) is 4.88. The monoisotopic (exact) mass is 221 g/mol. The smallest absolute Gasteiger partial charge is 0.240 e. The van der Waals surface area contributed by atoms with Crippen LogP contribution >= 0.6 is 0 Å². The van der Waals surface area contributed by atoms with E-state index >= 15 is 0 Å². The summed E-state index contributed by atoms with van der Waals surface area (Å²) >= 11 is 0. The molecule has 1 amide bonds. The molecule has 0 aromatic carbocycles. The highest BCUT2D eigenvalue weighted by Gasteiger charge is 2.40. The highest BCUT2D eigenvalue weighted by atomic mass is 32.2. The van der Waals surface area contributed by atoms with Crippen LogP contribution in [0.4, 0.5) is 0 Å². The van der Waals surface area contributed by atoms with Gasteiger partial charge in [-0.2, -0.15) is 0 Å². The maximum Gasteiger partial charge on any atom is 0.240 e. The zero-order valence-electron chi connectivity index (χ0n) is 9.25. The predicted octanol–water partition coefficient (Wildman–Crippen LogP) is 0.726. The molecule has 0 aromatic heterocycles. The molecule has 0 spiro atoms. The largest absolute Gasteiger partial charge is 0.358 e. The van der Waals surface area contributed by atoms with E-state index in [1.54, 1.807) is 0 Å². The molecule has 0 aromatic rings. The number of unbranched alkanes of at least 4 members (excludes halogenated alkanes) is 1. The first kappa shape index (κ1) is 13.4. The van der Waals surface area contributed by atoms with Crippen LogP contribution in [-0.2, 0) is 14.6 Å². The summed E-state index contributed by atoms with van der Waals surface area (Å²) in [6.07, 6.45) is 1.41. The summed E-state index contributed by atoms with van der Waals surface area (Å²) in [7, 11) is -1.90. The Bertz CT molecular complexity index is 293. The normalized spacial score (nSPS) is 12.6. The summed E-state index contributed by atoms with van der Waals surface area (Å²) in [6.45, 7) is 4.80. The average Bonchev–Trinajstić information content (AvgIpc) is 2.13. The molecule has 0 saturated carbocycles. The molecule has 0 fully saturated rings. The van der Waals surface area contributed by atoms with Crippen LogP contribution in [0.3, 0.4) is 0 Å². The lowest BCUT2D eigenvalue weighted by Crippen LogP contribution is -2.47. The molecular weight excluding hydrogens is 202 g/mol. The van der Waals surface area contributed by atoms with Crippen molar-refractivity contribution in [1.29, 1.82) is 0 Å². The van der Waals surface area contributed by atoms with Crippen molar-refractivity contribution in [3.63, 3.8) is 0 Å². The molecule has 0 aliphatic heterocycles. The van der Waals surface area contributed by atoms with E-state index in [-0.39, 0.29) is 5.75 Å². The molecule has 0 radical (unpaired) electrons. The summed E-state index contributed by atoms with van der Waals surface area (Å²) in [5.74, 6) is -0.377. The Morgan fingerprint density at radius 2 is 1.86 bits per heavy atom. The van der Waals surface area contributed by atoms with Gasteiger partial charge < -0.3 is 5.32 Å². The maximum absolute atomic E-state index is 11.8. The van der Waals surface area contributed by atoms with E-state index in [1.165, 1.54) is 20.9 Å². The second-order valence-electron chi connectivity index (χ2n) is 3.76. The Kier molecular flexibility index (Phi) is 4.58. The summed E-state index contributed by atoms with van der Waals surface area (Å²) in [5.41, 5.74) is 0. The van der Waals surface area contributed by atoms with Crippen molar-refractivity contribution in [2.45, 2.75) is 38.4 Å². The van der Waals surface area contributed by atoms with Crippen molar-refractivity contribution >= 4 is 15.7 Å². The lowest BCUT2D eigenvalue weighted by molar-refractivity contribution is -0.122. The first-order chi connectivity index (χ1) is 6.29. The van der Waals surface area contributed by atoms with E-state index < -0.39 is 20.5 Å². The van der Waals surface area contributed by atoms with Gasteiger partial charge in [-0.05, 0) is 20.3 Å². The fourth-order valence-corrected chi connectivity index (χ4v) is 2.60. The second-order valence-corrected chi connectivity index (χ2v) is 6.42. The van der Waals surface area contributed by atoms with Crippen molar-refractivity contribution in [1.82, 2.24) is 5.32 Å². The van der Waals surface area contributed by atoms with Gasteiger partial charge in [0.25, 0.3) is 0 Å². The number of sulfone groups is 1. The Morgan fingerprint density at radius 3 is 2.21 bits per heavy atom. The minimum Gasteiger partial charge on any atom is -0.358 e. The third kappa shape index (κ3) is 2.70. The van der Waals surface area contributed by atoms with Gasteiger partial charge in [0.05, 0.1) is 5.75 Å². The highest BCUT2D eigenvalue weighted by molar-refractivity contribution is 7.93. The number of hydrogen-bond acceptors (Lipinski definition) is 3. The summed E-state index contributed by atoms with van der Waals surface area (Å²) in [5, 5.41) is 2.37. The molecule has 4 nitrogen and oxygen atoms in total. The fourth-order valence-electron chi connectivity index (χ4n) is 1.03. The Labute approximate surface area is 86.0 Å². The molecule has 0 unspecified atom stereocenters. The first-order valence-electron chi connectivity index (χ1n) is 4.74. The highest BCUT2D eigenvalue weighted by Crippen LogP contribution is 2.18. The van der Waals surface area contributed by atoms with Crippen molar-refractivity contribution in [3.8, 4) is 0 Å². The van der Waals surface area contributed by atoms with Crippen LogP contribution in [0.15, 0.2) is 0 Å². The average molecular weight is 221 g/mol. The van der Waals surface area contributed by atoms with Crippen molar-refractivity contribution in [3.05, 3.63) is 0 Å². The quantitative estimate of drug-likeness (QED) is 0.744. The third-order valence-electron chi connectivity index (χ3n) is 2.32. The minimum absolute atomic E-state index is 0.0733. The molecule has 0 bridgehead atoms. The number of rotatable bonds is 5. The number of nitrogens with one attached hydrogen (secondary N) is 1. The van der Waals surface area contributed by atoms with Crippen LogP contribution in [-0.4, -0.2) is 31.9 Å². The standard InChI is InChI=1S/C9H19NO3S/c1-5-6-7-14(12,13)9(2,3)8(11)10-4/h5-7H2,1-4H3,(H,10,11). The van der Waals surface area contributed by atoms with Gasteiger partial charge in [0.15, 0.2) is 9.84 Å². The van der Waals surface area contributed by atoms with Gasteiger partial charge in [-0.15, -0.1) is 0 Å². The number of carbonyl (C=O) groups excluding carboxylic acids is 1. The van der Waals surface area contributed by atoms with Gasteiger partial charge in [0, 0.05) is 7.05 Å². The predicted molar refractivity (Wildman–Crippen MR) is 56.8 cm³/mol. The Hall–Kier alpha value is -0.580. The van der Waals surface area contributed by atoms with Crippen molar-refractivity contribution in [2.24, 2.45) is 0 Å². The molecule has 5 heteroatoms. The summed E-state index contributed by atoms with van der Waals surface area (Å²) in [6, 6.07) is 0. The number of carbonyl (C=O) groups is 1.